The highest BCUT2D eigenvalue weighted by atomic mass is 35.5. The maximum atomic E-state index is 14.0. The third-order valence-electron chi connectivity index (χ3n) is 8.02. The van der Waals surface area contributed by atoms with Crippen LogP contribution in [-0.2, 0) is 14.4 Å². The van der Waals surface area contributed by atoms with Gasteiger partial charge in [0.1, 0.15) is 6.04 Å². The molecule has 9 heteroatoms. The van der Waals surface area contributed by atoms with Crippen LogP contribution < -0.4 is 10.6 Å². The lowest BCUT2D eigenvalue weighted by molar-refractivity contribution is -0.139. The Morgan fingerprint density at radius 2 is 1.68 bits per heavy atom. The highest BCUT2D eigenvalue weighted by Crippen LogP contribution is 2.71. The number of hydrogen-bond donors (Lipinski definition) is 3. The molecule has 3 saturated heterocycles. The van der Waals surface area contributed by atoms with E-state index in [0.717, 1.165) is 12.8 Å². The standard InChI is InChI=1S/C28H32ClN3O4S/c1-27-14-15-28(37-27)22(21(27)24(34)30-19-8-4-2-5-9-19)26(36)32(16-6-3-7-17-33)23(28)25(35)31-20-12-10-18(29)11-13-20/h2,4-5,8-13,21-23,33H,3,6-7,14-17H2,1H3,(H,30,34)(H,31,35)/t21-,22+,23?,27+,28?/m1/s1. The second-order valence-electron chi connectivity index (χ2n) is 10.4. The summed E-state index contributed by atoms with van der Waals surface area (Å²) in [5.41, 5.74) is 1.31. The first kappa shape index (κ1) is 26.1. The van der Waals surface area contributed by atoms with Crippen molar-refractivity contribution in [3.8, 4) is 0 Å². The molecule has 0 radical (unpaired) electrons. The van der Waals surface area contributed by atoms with Crippen LogP contribution in [0.5, 0.6) is 0 Å². The summed E-state index contributed by atoms with van der Waals surface area (Å²) < 4.78 is -1.10. The molecule has 3 aliphatic rings. The maximum absolute atomic E-state index is 14.0. The molecular weight excluding hydrogens is 510 g/mol. The van der Waals surface area contributed by atoms with Crippen LogP contribution in [0.4, 0.5) is 11.4 Å². The van der Waals surface area contributed by atoms with Crippen LogP contribution in [0.2, 0.25) is 5.02 Å². The minimum atomic E-state index is -0.684. The molecule has 196 valence electrons. The Morgan fingerprint density at radius 1 is 1.00 bits per heavy atom. The van der Waals surface area contributed by atoms with E-state index < -0.39 is 27.4 Å². The average Bonchev–Trinajstić information content (AvgIpc) is 3.44. The summed E-state index contributed by atoms with van der Waals surface area (Å²) >= 11 is 7.67. The topological polar surface area (TPSA) is 98.7 Å². The summed E-state index contributed by atoms with van der Waals surface area (Å²) in [6.07, 6.45) is 3.55. The van der Waals surface area contributed by atoms with Gasteiger partial charge in [0, 0.05) is 34.3 Å². The Hall–Kier alpha value is -2.55. The largest absolute Gasteiger partial charge is 0.396 e. The van der Waals surface area contributed by atoms with Gasteiger partial charge < -0.3 is 20.6 Å². The van der Waals surface area contributed by atoms with Gasteiger partial charge in [0.25, 0.3) is 0 Å². The monoisotopic (exact) mass is 541 g/mol. The van der Waals surface area contributed by atoms with Crippen LogP contribution in [-0.4, -0.2) is 56.4 Å². The fourth-order valence-corrected chi connectivity index (χ4v) is 8.91. The maximum Gasteiger partial charge on any atom is 0.248 e. The molecule has 2 aromatic carbocycles. The number of unbranched alkanes of at least 4 members (excludes halogenated alkanes) is 2. The number of thioether (sulfide) groups is 1. The van der Waals surface area contributed by atoms with Gasteiger partial charge >= 0.3 is 0 Å². The molecule has 0 aliphatic carbocycles. The average molecular weight is 542 g/mol. The SMILES string of the molecule is C[C@@]12CCC3(S1)C(C(=O)Nc1ccc(Cl)cc1)N(CCCCCO)C(=O)[C@@H]3[C@@H]2C(=O)Nc1ccccc1. The molecule has 2 aromatic rings. The lowest BCUT2D eigenvalue weighted by atomic mass is 9.66. The van der Waals surface area contributed by atoms with Gasteiger partial charge in [0.2, 0.25) is 17.7 Å². The van der Waals surface area contributed by atoms with Gasteiger partial charge in [-0.3, -0.25) is 14.4 Å². The number of likely N-dealkylation sites (tertiary alicyclic amines) is 1. The van der Waals surface area contributed by atoms with Crippen molar-refractivity contribution in [1.82, 2.24) is 4.90 Å². The van der Waals surface area contributed by atoms with E-state index in [0.29, 0.717) is 42.2 Å². The number of anilines is 2. The van der Waals surface area contributed by atoms with Crippen LogP contribution in [0, 0.1) is 11.8 Å². The van der Waals surface area contributed by atoms with Crippen molar-refractivity contribution in [1.29, 1.82) is 0 Å². The number of fused-ring (bicyclic) bond motifs is 1. The number of hydrogen-bond acceptors (Lipinski definition) is 5. The molecule has 2 bridgehead atoms. The number of amides is 3. The third kappa shape index (κ3) is 4.64. The smallest absolute Gasteiger partial charge is 0.248 e. The second-order valence-corrected chi connectivity index (χ2v) is 12.7. The number of benzene rings is 2. The normalized spacial score (nSPS) is 29.9. The van der Waals surface area contributed by atoms with E-state index >= 15 is 0 Å². The second kappa shape index (κ2) is 10.3. The number of nitrogens with zero attached hydrogens (tertiary/aromatic N) is 1. The molecule has 3 aliphatic heterocycles. The predicted octanol–water partition coefficient (Wildman–Crippen LogP) is 4.56. The van der Waals surface area contributed by atoms with Crippen molar-refractivity contribution < 1.29 is 19.5 Å². The van der Waals surface area contributed by atoms with Crippen LogP contribution >= 0.6 is 23.4 Å². The number of carbonyl (C=O) groups is 3. The van der Waals surface area contributed by atoms with Crippen molar-refractivity contribution in [2.75, 3.05) is 23.8 Å². The van der Waals surface area contributed by atoms with Crippen molar-refractivity contribution in [3.63, 3.8) is 0 Å². The number of aliphatic hydroxyl groups excluding tert-OH is 1. The van der Waals surface area contributed by atoms with Gasteiger partial charge in [-0.2, -0.15) is 0 Å². The van der Waals surface area contributed by atoms with E-state index in [1.54, 1.807) is 40.9 Å². The molecular formula is C28H32ClN3O4S. The minimum Gasteiger partial charge on any atom is -0.396 e. The van der Waals surface area contributed by atoms with Crippen LogP contribution in [0.3, 0.4) is 0 Å². The van der Waals surface area contributed by atoms with E-state index in [1.807, 2.05) is 30.3 Å². The van der Waals surface area contributed by atoms with E-state index in [-0.39, 0.29) is 24.3 Å². The molecule has 3 heterocycles. The zero-order valence-electron chi connectivity index (χ0n) is 20.8. The number of aliphatic hydroxyl groups is 1. The van der Waals surface area contributed by atoms with Crippen LogP contribution in [0.15, 0.2) is 54.6 Å². The molecule has 0 aromatic heterocycles. The summed E-state index contributed by atoms with van der Waals surface area (Å²) in [5.74, 6) is -1.63. The number of carbonyl (C=O) groups excluding carboxylic acids is 3. The van der Waals surface area contributed by atoms with E-state index in [2.05, 4.69) is 17.6 Å². The Kier molecular flexibility index (Phi) is 7.27. The molecule has 3 fully saturated rings. The first-order chi connectivity index (χ1) is 17.8. The summed E-state index contributed by atoms with van der Waals surface area (Å²) in [6, 6.07) is 15.5. The zero-order valence-corrected chi connectivity index (χ0v) is 22.4. The number of nitrogens with one attached hydrogen (secondary N) is 2. The highest BCUT2D eigenvalue weighted by molar-refractivity contribution is 8.02. The lowest BCUT2D eigenvalue weighted by Gasteiger charge is -2.34. The number of rotatable bonds is 9. The van der Waals surface area contributed by atoms with Crippen molar-refractivity contribution in [2.45, 2.75) is 54.6 Å². The van der Waals surface area contributed by atoms with Gasteiger partial charge in [0.15, 0.2) is 0 Å². The summed E-state index contributed by atoms with van der Waals surface area (Å²) in [6.45, 7) is 2.57. The Balaban J connectivity index is 1.46. The summed E-state index contributed by atoms with van der Waals surface area (Å²) in [7, 11) is 0. The zero-order chi connectivity index (χ0) is 26.2. The number of para-hydroxylation sites is 1. The van der Waals surface area contributed by atoms with Crippen LogP contribution in [0.1, 0.15) is 39.0 Å². The minimum absolute atomic E-state index is 0.0942. The van der Waals surface area contributed by atoms with Gasteiger partial charge in [0.05, 0.1) is 16.6 Å². The third-order valence-corrected chi connectivity index (χ3v) is 10.3. The van der Waals surface area contributed by atoms with Crippen molar-refractivity contribution in [2.24, 2.45) is 11.8 Å². The van der Waals surface area contributed by atoms with E-state index in [4.69, 9.17) is 11.6 Å². The number of halogens is 1. The quantitative estimate of drug-likeness (QED) is 0.404. The molecule has 5 atom stereocenters. The lowest BCUT2D eigenvalue weighted by Crippen LogP contribution is -2.51. The Morgan fingerprint density at radius 3 is 2.38 bits per heavy atom. The Bertz CT molecular complexity index is 1180. The Labute approximate surface area is 226 Å². The van der Waals surface area contributed by atoms with Gasteiger partial charge in [-0.15, -0.1) is 11.8 Å². The molecule has 0 saturated carbocycles. The molecule has 7 nitrogen and oxygen atoms in total. The van der Waals surface area contributed by atoms with Gasteiger partial charge in [-0.1, -0.05) is 29.8 Å². The van der Waals surface area contributed by atoms with Crippen molar-refractivity contribution >= 4 is 52.5 Å². The van der Waals surface area contributed by atoms with Crippen LogP contribution in [0.25, 0.3) is 0 Å². The van der Waals surface area contributed by atoms with E-state index in [1.165, 1.54) is 0 Å². The molecule has 37 heavy (non-hydrogen) atoms. The predicted molar refractivity (Wildman–Crippen MR) is 147 cm³/mol. The fraction of sp³-hybridized carbons (Fsp3) is 0.464. The van der Waals surface area contributed by atoms with Gasteiger partial charge in [-0.25, -0.2) is 0 Å². The molecule has 3 N–H and O–H groups in total. The van der Waals surface area contributed by atoms with Crippen molar-refractivity contribution in [3.05, 3.63) is 59.6 Å². The first-order valence-electron chi connectivity index (χ1n) is 12.8. The summed E-state index contributed by atoms with van der Waals surface area (Å²) in [4.78, 5) is 43.3. The first-order valence-corrected chi connectivity index (χ1v) is 14.0. The molecule has 1 spiro atoms. The molecule has 5 rings (SSSR count). The van der Waals surface area contributed by atoms with Gasteiger partial charge in [-0.05, 0) is 75.4 Å². The molecule has 3 amide bonds. The van der Waals surface area contributed by atoms with E-state index in [9.17, 15) is 19.5 Å². The highest BCUT2D eigenvalue weighted by Gasteiger charge is 2.77. The molecule has 2 unspecified atom stereocenters. The fourth-order valence-electron chi connectivity index (χ4n) is 6.42. The summed E-state index contributed by atoms with van der Waals surface area (Å²) in [5, 5.41) is 15.8.